The highest BCUT2D eigenvalue weighted by Crippen LogP contribution is 2.36. The van der Waals surface area contributed by atoms with Crippen molar-refractivity contribution in [3.8, 4) is 5.75 Å². The first-order valence-corrected chi connectivity index (χ1v) is 11.2. The van der Waals surface area contributed by atoms with E-state index in [9.17, 15) is 18.0 Å². The van der Waals surface area contributed by atoms with Gasteiger partial charge in [0.05, 0.1) is 15.4 Å². The van der Waals surface area contributed by atoms with Crippen LogP contribution in [0.25, 0.3) is 10.8 Å². The molecular formula is C24H13ClO5S. The van der Waals surface area contributed by atoms with Crippen molar-refractivity contribution < 1.29 is 22.7 Å². The van der Waals surface area contributed by atoms with E-state index in [0.717, 1.165) is 5.39 Å². The highest BCUT2D eigenvalue weighted by atomic mass is 35.5. The van der Waals surface area contributed by atoms with E-state index in [-0.39, 0.29) is 26.5 Å². The van der Waals surface area contributed by atoms with Gasteiger partial charge < -0.3 is 4.74 Å². The van der Waals surface area contributed by atoms with Crippen LogP contribution in [-0.4, -0.2) is 20.2 Å². The van der Waals surface area contributed by atoms with Crippen LogP contribution in [-0.2, 0) is 9.84 Å². The Morgan fingerprint density at radius 3 is 2.26 bits per heavy atom. The molecule has 0 radical (unpaired) electrons. The van der Waals surface area contributed by atoms with E-state index in [1.165, 1.54) is 30.3 Å². The fraction of sp³-hybridized carbons (Fsp3) is 0. The summed E-state index contributed by atoms with van der Waals surface area (Å²) in [5, 5.41) is 1.90. The van der Waals surface area contributed by atoms with E-state index in [1.807, 2.05) is 12.1 Å². The van der Waals surface area contributed by atoms with Crippen molar-refractivity contribution in [1.29, 1.82) is 0 Å². The molecule has 4 aromatic rings. The van der Waals surface area contributed by atoms with Crippen LogP contribution in [0.2, 0.25) is 5.02 Å². The zero-order valence-electron chi connectivity index (χ0n) is 15.8. The van der Waals surface area contributed by atoms with Gasteiger partial charge in [0, 0.05) is 26.9 Å². The zero-order valence-corrected chi connectivity index (χ0v) is 17.4. The van der Waals surface area contributed by atoms with Crippen molar-refractivity contribution in [2.45, 2.75) is 9.79 Å². The van der Waals surface area contributed by atoms with Gasteiger partial charge in [0.2, 0.25) is 9.84 Å². The molecule has 31 heavy (non-hydrogen) atoms. The minimum Gasteiger partial charge on any atom is -0.422 e. The summed E-state index contributed by atoms with van der Waals surface area (Å²) in [7, 11) is -3.95. The van der Waals surface area contributed by atoms with E-state index < -0.39 is 21.6 Å². The van der Waals surface area contributed by atoms with Crippen LogP contribution >= 0.6 is 11.6 Å². The summed E-state index contributed by atoms with van der Waals surface area (Å²) in [4.78, 5) is 25.3. The van der Waals surface area contributed by atoms with Crippen molar-refractivity contribution in [2.75, 3.05) is 0 Å². The van der Waals surface area contributed by atoms with Gasteiger partial charge in [-0.3, -0.25) is 4.79 Å². The lowest BCUT2D eigenvalue weighted by atomic mass is 10.0. The Hall–Kier alpha value is -3.48. The van der Waals surface area contributed by atoms with E-state index in [0.29, 0.717) is 16.2 Å². The number of carbonyl (C=O) groups excluding carboxylic acids is 2. The topological polar surface area (TPSA) is 77.5 Å². The summed E-state index contributed by atoms with van der Waals surface area (Å²) < 4.78 is 31.7. The molecule has 0 bridgehead atoms. The summed E-state index contributed by atoms with van der Waals surface area (Å²) >= 11 is 6.21. The zero-order chi connectivity index (χ0) is 21.8. The van der Waals surface area contributed by atoms with Crippen LogP contribution in [0.4, 0.5) is 0 Å². The van der Waals surface area contributed by atoms with Gasteiger partial charge in [0.1, 0.15) is 5.75 Å². The van der Waals surface area contributed by atoms with Crippen LogP contribution in [0, 0.1) is 0 Å². The Morgan fingerprint density at radius 2 is 1.45 bits per heavy atom. The van der Waals surface area contributed by atoms with Gasteiger partial charge in [-0.2, -0.15) is 0 Å². The molecule has 1 aliphatic heterocycles. The number of sulfone groups is 1. The first-order valence-electron chi connectivity index (χ1n) is 9.30. The molecule has 0 N–H and O–H groups in total. The second-order valence-corrected chi connectivity index (χ2v) is 9.31. The van der Waals surface area contributed by atoms with Gasteiger partial charge in [-0.05, 0) is 42.5 Å². The van der Waals surface area contributed by atoms with E-state index in [2.05, 4.69) is 0 Å². The Kier molecular flexibility index (Phi) is 4.43. The molecule has 0 aromatic heterocycles. The first-order chi connectivity index (χ1) is 14.9. The number of rotatable bonds is 2. The number of esters is 1. The SMILES string of the molecule is O=C(Oc1ccc(Cl)c2ccccc12)c1ccc2c(c1)S(=O)(=O)c1ccccc1C2=O. The minimum absolute atomic E-state index is 0.0218. The van der Waals surface area contributed by atoms with Crippen molar-refractivity contribution in [3.05, 3.63) is 101 Å². The van der Waals surface area contributed by atoms with Gasteiger partial charge in [-0.25, -0.2) is 13.2 Å². The lowest BCUT2D eigenvalue weighted by Gasteiger charge is -2.19. The third kappa shape index (κ3) is 3.03. The molecule has 4 aromatic carbocycles. The fourth-order valence-corrected chi connectivity index (χ4v) is 5.60. The molecule has 0 amide bonds. The molecule has 0 saturated heterocycles. The van der Waals surface area contributed by atoms with Crippen LogP contribution in [0.3, 0.4) is 0 Å². The van der Waals surface area contributed by atoms with Crippen LogP contribution in [0.1, 0.15) is 26.3 Å². The monoisotopic (exact) mass is 448 g/mol. The van der Waals surface area contributed by atoms with E-state index >= 15 is 0 Å². The molecule has 0 unspecified atom stereocenters. The van der Waals surface area contributed by atoms with Gasteiger partial charge in [-0.1, -0.05) is 48.0 Å². The van der Waals surface area contributed by atoms with Gasteiger partial charge in [-0.15, -0.1) is 0 Å². The third-order valence-corrected chi connectivity index (χ3v) is 7.39. The standard InChI is InChI=1S/C24H13ClO5S/c25-19-11-12-20(16-6-2-1-5-15(16)19)30-24(27)14-9-10-18-22(13-14)31(28,29)21-8-4-3-7-17(21)23(18)26/h1-13H. The fourth-order valence-electron chi connectivity index (χ4n) is 3.69. The molecule has 5 nitrogen and oxygen atoms in total. The van der Waals surface area contributed by atoms with Crippen molar-refractivity contribution in [1.82, 2.24) is 0 Å². The lowest BCUT2D eigenvalue weighted by molar-refractivity contribution is 0.0736. The van der Waals surface area contributed by atoms with Crippen molar-refractivity contribution in [2.24, 2.45) is 0 Å². The number of ketones is 1. The normalized spacial score (nSPS) is 14.0. The molecule has 0 atom stereocenters. The molecule has 0 saturated carbocycles. The summed E-state index contributed by atoms with van der Waals surface area (Å²) in [6.07, 6.45) is 0. The highest BCUT2D eigenvalue weighted by molar-refractivity contribution is 7.91. The molecule has 152 valence electrons. The average molecular weight is 449 g/mol. The van der Waals surface area contributed by atoms with Gasteiger partial charge >= 0.3 is 5.97 Å². The molecule has 7 heteroatoms. The highest BCUT2D eigenvalue weighted by Gasteiger charge is 2.35. The number of ether oxygens (including phenoxy) is 1. The second-order valence-electron chi connectivity index (χ2n) is 7.02. The molecule has 0 aliphatic carbocycles. The third-order valence-electron chi connectivity index (χ3n) is 5.21. The number of carbonyl (C=O) groups is 2. The smallest absolute Gasteiger partial charge is 0.343 e. The largest absolute Gasteiger partial charge is 0.422 e. The summed E-state index contributed by atoms with van der Waals surface area (Å²) in [6.45, 7) is 0. The summed E-state index contributed by atoms with van der Waals surface area (Å²) in [5.74, 6) is -0.840. The predicted molar refractivity (Wildman–Crippen MR) is 116 cm³/mol. The maximum atomic E-state index is 13.1. The first kappa shape index (κ1) is 19.5. The summed E-state index contributed by atoms with van der Waals surface area (Å²) in [5.41, 5.74) is 0.179. The maximum absolute atomic E-state index is 13.1. The van der Waals surface area contributed by atoms with E-state index in [1.54, 1.807) is 36.4 Å². The van der Waals surface area contributed by atoms with Crippen LogP contribution in [0.15, 0.2) is 88.7 Å². The van der Waals surface area contributed by atoms with Gasteiger partial charge in [0.15, 0.2) is 5.78 Å². The molecule has 5 rings (SSSR count). The average Bonchev–Trinajstić information content (AvgIpc) is 2.79. The number of halogens is 1. The Morgan fingerprint density at radius 1 is 0.774 bits per heavy atom. The van der Waals surface area contributed by atoms with Gasteiger partial charge in [0.25, 0.3) is 0 Å². The lowest BCUT2D eigenvalue weighted by Crippen LogP contribution is -2.21. The number of benzene rings is 4. The van der Waals surface area contributed by atoms with Crippen LogP contribution in [0.5, 0.6) is 5.75 Å². The molecule has 0 spiro atoms. The Balaban J connectivity index is 1.57. The number of hydrogen-bond acceptors (Lipinski definition) is 5. The molecule has 1 aliphatic rings. The number of hydrogen-bond donors (Lipinski definition) is 0. The van der Waals surface area contributed by atoms with Crippen molar-refractivity contribution >= 4 is 44.0 Å². The second kappa shape index (κ2) is 7.04. The molecule has 0 fully saturated rings. The maximum Gasteiger partial charge on any atom is 0.343 e. The predicted octanol–water partition coefficient (Wildman–Crippen LogP) is 5.09. The quantitative estimate of drug-likeness (QED) is 0.277. The Bertz CT molecular complexity index is 1520. The van der Waals surface area contributed by atoms with Crippen LogP contribution < -0.4 is 4.74 Å². The van der Waals surface area contributed by atoms with E-state index in [4.69, 9.17) is 16.3 Å². The minimum atomic E-state index is -3.95. The molecular weight excluding hydrogens is 436 g/mol. The Labute approximate surface area is 182 Å². The van der Waals surface area contributed by atoms with Crippen molar-refractivity contribution in [3.63, 3.8) is 0 Å². The number of fused-ring (bicyclic) bond motifs is 3. The summed E-state index contributed by atoms with van der Waals surface area (Å²) in [6, 6.07) is 20.4. The molecule has 1 heterocycles.